The highest BCUT2D eigenvalue weighted by molar-refractivity contribution is 5.78. The van der Waals surface area contributed by atoms with Gasteiger partial charge in [-0.05, 0) is 20.3 Å². The van der Waals surface area contributed by atoms with Gasteiger partial charge in [-0.1, -0.05) is 13.3 Å². The van der Waals surface area contributed by atoms with E-state index in [1.165, 1.54) is 6.21 Å². The van der Waals surface area contributed by atoms with Crippen LogP contribution in [0, 0.1) is 0 Å². The number of nitrogens with two attached hydrogens (primary N) is 1. The average molecular weight is 210 g/mol. The Labute approximate surface area is 89.0 Å². The lowest BCUT2D eigenvalue weighted by Crippen LogP contribution is -2.20. The number of hydrogen-bond donors (Lipinski definition) is 2. The summed E-state index contributed by atoms with van der Waals surface area (Å²) in [5.74, 6) is 5.10. The van der Waals surface area contributed by atoms with Crippen LogP contribution in [-0.4, -0.2) is 15.8 Å². The second-order valence-electron chi connectivity index (χ2n) is 3.78. The van der Waals surface area contributed by atoms with Gasteiger partial charge in [0.15, 0.2) is 0 Å². The van der Waals surface area contributed by atoms with Crippen LogP contribution in [0.5, 0.6) is 0 Å². The van der Waals surface area contributed by atoms with E-state index >= 15 is 0 Å². The first-order valence-corrected chi connectivity index (χ1v) is 5.18. The van der Waals surface area contributed by atoms with Gasteiger partial charge in [-0.25, -0.2) is 4.79 Å². The van der Waals surface area contributed by atoms with Crippen molar-refractivity contribution in [2.75, 3.05) is 0 Å². The summed E-state index contributed by atoms with van der Waals surface area (Å²) in [5, 5.41) is 3.45. The maximum absolute atomic E-state index is 11.7. The molecule has 1 heterocycles. The van der Waals surface area contributed by atoms with Crippen molar-refractivity contribution >= 4 is 6.21 Å². The average Bonchev–Trinajstić information content (AvgIpc) is 2.44. The number of hydrazone groups is 1. The molecule has 0 fully saturated rings. The first-order chi connectivity index (χ1) is 7.11. The Morgan fingerprint density at radius 1 is 1.60 bits per heavy atom. The van der Waals surface area contributed by atoms with E-state index < -0.39 is 0 Å². The van der Waals surface area contributed by atoms with Crippen molar-refractivity contribution in [3.05, 3.63) is 21.9 Å². The Morgan fingerprint density at radius 2 is 2.27 bits per heavy atom. The fraction of sp³-hybridized carbons (Fsp3) is 0.600. The molecule has 1 aromatic rings. The largest absolute Gasteiger partial charge is 0.326 e. The van der Waals surface area contributed by atoms with Gasteiger partial charge >= 0.3 is 5.69 Å². The Bertz CT molecular complexity index is 400. The van der Waals surface area contributed by atoms with E-state index in [9.17, 15) is 4.79 Å². The lowest BCUT2D eigenvalue weighted by Gasteiger charge is -2.10. The minimum absolute atomic E-state index is 0.0941. The van der Waals surface area contributed by atoms with Gasteiger partial charge < -0.3 is 10.8 Å². The topological polar surface area (TPSA) is 76.2 Å². The number of rotatable bonds is 4. The lowest BCUT2D eigenvalue weighted by atomic mass is 10.2. The third-order valence-electron chi connectivity index (χ3n) is 2.27. The molecule has 0 spiro atoms. The minimum Gasteiger partial charge on any atom is -0.323 e. The van der Waals surface area contributed by atoms with Crippen LogP contribution in [0.2, 0.25) is 0 Å². The number of nitrogens with one attached hydrogen (secondary N) is 1. The molecule has 0 radical (unpaired) electrons. The monoisotopic (exact) mass is 210 g/mol. The van der Waals surface area contributed by atoms with Crippen LogP contribution in [0.3, 0.4) is 0 Å². The molecule has 0 saturated heterocycles. The zero-order valence-electron chi connectivity index (χ0n) is 9.45. The van der Waals surface area contributed by atoms with Crippen molar-refractivity contribution in [2.24, 2.45) is 10.9 Å². The Morgan fingerprint density at radius 3 is 2.73 bits per heavy atom. The van der Waals surface area contributed by atoms with Gasteiger partial charge in [0.1, 0.15) is 0 Å². The molecule has 0 atom stereocenters. The van der Waals surface area contributed by atoms with E-state index in [4.69, 9.17) is 5.84 Å². The van der Waals surface area contributed by atoms with E-state index in [1.807, 2.05) is 13.8 Å². The fourth-order valence-electron chi connectivity index (χ4n) is 1.72. The molecular formula is C10H18N4O. The predicted octanol–water partition coefficient (Wildman–Crippen LogP) is 1.00. The van der Waals surface area contributed by atoms with Crippen LogP contribution in [0.15, 0.2) is 9.90 Å². The Balaban J connectivity index is 3.30. The van der Waals surface area contributed by atoms with Crippen LogP contribution in [0.4, 0.5) is 0 Å². The number of H-pyrrole nitrogens is 1. The molecule has 0 aliphatic rings. The standard InChI is InChI=1S/C10H18N4O/c1-4-5-9-8(6-12-11)13-10(15)14(9)7(2)3/h6-7H,4-5,11H2,1-3H3,(H,13,15)/b12-6-. The van der Waals surface area contributed by atoms with E-state index in [-0.39, 0.29) is 11.7 Å². The predicted molar refractivity (Wildman–Crippen MR) is 61.2 cm³/mol. The molecule has 1 aromatic heterocycles. The molecule has 5 heteroatoms. The quantitative estimate of drug-likeness (QED) is 0.442. The van der Waals surface area contributed by atoms with Crippen LogP contribution in [-0.2, 0) is 6.42 Å². The molecule has 0 aliphatic heterocycles. The van der Waals surface area contributed by atoms with Crippen molar-refractivity contribution in [3.63, 3.8) is 0 Å². The third kappa shape index (κ3) is 2.29. The molecule has 5 nitrogen and oxygen atoms in total. The maximum atomic E-state index is 11.7. The van der Waals surface area contributed by atoms with Gasteiger partial charge in [-0.3, -0.25) is 4.57 Å². The van der Waals surface area contributed by atoms with Crippen molar-refractivity contribution in [1.29, 1.82) is 0 Å². The maximum Gasteiger partial charge on any atom is 0.326 e. The molecule has 1 rings (SSSR count). The van der Waals surface area contributed by atoms with Gasteiger partial charge in [0, 0.05) is 11.7 Å². The van der Waals surface area contributed by atoms with Crippen LogP contribution in [0.25, 0.3) is 0 Å². The van der Waals surface area contributed by atoms with E-state index in [0.29, 0.717) is 0 Å². The summed E-state index contributed by atoms with van der Waals surface area (Å²) in [5.41, 5.74) is 1.60. The molecule has 0 saturated carbocycles. The third-order valence-corrected chi connectivity index (χ3v) is 2.27. The Hall–Kier alpha value is -1.52. The summed E-state index contributed by atoms with van der Waals surface area (Å²) < 4.78 is 1.75. The minimum atomic E-state index is -0.0941. The Kier molecular flexibility index (Phi) is 3.71. The summed E-state index contributed by atoms with van der Waals surface area (Å²) in [6.45, 7) is 6.04. The molecule has 0 bridgehead atoms. The summed E-state index contributed by atoms with van der Waals surface area (Å²) in [6.07, 6.45) is 3.32. The number of aromatic nitrogens is 2. The van der Waals surface area contributed by atoms with Gasteiger partial charge in [-0.15, -0.1) is 0 Å². The lowest BCUT2D eigenvalue weighted by molar-refractivity contribution is 0.553. The summed E-state index contributed by atoms with van der Waals surface area (Å²) in [7, 11) is 0. The van der Waals surface area contributed by atoms with E-state index in [0.717, 1.165) is 24.2 Å². The first kappa shape index (κ1) is 11.6. The van der Waals surface area contributed by atoms with Crippen molar-refractivity contribution in [3.8, 4) is 0 Å². The van der Waals surface area contributed by atoms with Gasteiger partial charge in [0.2, 0.25) is 0 Å². The van der Waals surface area contributed by atoms with E-state index in [2.05, 4.69) is 17.0 Å². The van der Waals surface area contributed by atoms with Crippen LogP contribution < -0.4 is 11.5 Å². The second kappa shape index (κ2) is 4.82. The summed E-state index contributed by atoms with van der Waals surface area (Å²) in [4.78, 5) is 14.4. The molecule has 0 aromatic carbocycles. The molecule has 0 unspecified atom stereocenters. The number of imidazole rings is 1. The van der Waals surface area contributed by atoms with E-state index in [1.54, 1.807) is 4.57 Å². The summed E-state index contributed by atoms with van der Waals surface area (Å²) >= 11 is 0. The van der Waals surface area contributed by atoms with Gasteiger partial charge in [0.25, 0.3) is 0 Å². The normalized spacial score (nSPS) is 11.7. The second-order valence-corrected chi connectivity index (χ2v) is 3.78. The van der Waals surface area contributed by atoms with Crippen LogP contribution >= 0.6 is 0 Å². The highest BCUT2D eigenvalue weighted by Gasteiger charge is 2.13. The van der Waals surface area contributed by atoms with Gasteiger partial charge in [-0.2, -0.15) is 5.10 Å². The number of aromatic amines is 1. The fourth-order valence-corrected chi connectivity index (χ4v) is 1.72. The zero-order valence-corrected chi connectivity index (χ0v) is 9.45. The highest BCUT2D eigenvalue weighted by atomic mass is 16.1. The van der Waals surface area contributed by atoms with Gasteiger partial charge in [0.05, 0.1) is 11.9 Å². The molecule has 0 amide bonds. The van der Waals surface area contributed by atoms with Crippen molar-refractivity contribution < 1.29 is 0 Å². The molecule has 0 aliphatic carbocycles. The molecule has 3 N–H and O–H groups in total. The molecular weight excluding hydrogens is 192 g/mol. The zero-order chi connectivity index (χ0) is 11.4. The summed E-state index contributed by atoms with van der Waals surface area (Å²) in [6, 6.07) is 0.148. The number of nitrogens with zero attached hydrogens (tertiary/aromatic N) is 2. The highest BCUT2D eigenvalue weighted by Crippen LogP contribution is 2.11. The molecule has 84 valence electrons. The van der Waals surface area contributed by atoms with Crippen molar-refractivity contribution in [1.82, 2.24) is 9.55 Å². The number of hydrogen-bond acceptors (Lipinski definition) is 3. The first-order valence-electron chi connectivity index (χ1n) is 5.18. The molecule has 15 heavy (non-hydrogen) atoms. The van der Waals surface area contributed by atoms with Crippen LogP contribution in [0.1, 0.15) is 44.6 Å². The van der Waals surface area contributed by atoms with Crippen molar-refractivity contribution in [2.45, 2.75) is 39.7 Å². The smallest absolute Gasteiger partial charge is 0.323 e. The SMILES string of the molecule is CCCc1c(/C=N\N)[nH]c(=O)n1C(C)C.